The summed E-state index contributed by atoms with van der Waals surface area (Å²) < 4.78 is 5.70. The van der Waals surface area contributed by atoms with Crippen LogP contribution < -0.4 is 9.64 Å². The highest BCUT2D eigenvalue weighted by atomic mass is 16.5. The van der Waals surface area contributed by atoms with Crippen molar-refractivity contribution in [3.63, 3.8) is 0 Å². The van der Waals surface area contributed by atoms with Crippen molar-refractivity contribution in [2.75, 3.05) is 31.1 Å². The molecule has 0 aromatic carbocycles. The number of piperazine rings is 1. The van der Waals surface area contributed by atoms with E-state index in [1.807, 2.05) is 0 Å². The van der Waals surface area contributed by atoms with Gasteiger partial charge in [-0.1, -0.05) is 0 Å². The topological polar surface area (TPSA) is 41.5 Å². The maximum atomic E-state index is 5.70. The van der Waals surface area contributed by atoms with Crippen LogP contribution in [-0.4, -0.2) is 53.2 Å². The second-order valence-corrected chi connectivity index (χ2v) is 5.26. The largest absolute Gasteiger partial charge is 0.475 e. The van der Waals surface area contributed by atoms with Gasteiger partial charge in [0.05, 0.1) is 6.61 Å². The van der Waals surface area contributed by atoms with Crippen LogP contribution >= 0.6 is 0 Å². The molecule has 5 heteroatoms. The fraction of sp³-hybridized carbons (Fsp3) is 0.692. The SMILES string of the molecule is CC(C)N1CCN2c3nccnc3OCC[C@@H]2C1. The molecule has 3 rings (SSSR count). The summed E-state index contributed by atoms with van der Waals surface area (Å²) >= 11 is 0. The van der Waals surface area contributed by atoms with Crippen LogP contribution in [0, 0.1) is 0 Å². The molecule has 2 aliphatic rings. The Bertz CT molecular complexity index is 423. The van der Waals surface area contributed by atoms with E-state index in [0.29, 0.717) is 18.0 Å². The van der Waals surface area contributed by atoms with Crippen molar-refractivity contribution in [1.82, 2.24) is 14.9 Å². The van der Waals surface area contributed by atoms with Crippen LogP contribution in [0.5, 0.6) is 5.88 Å². The van der Waals surface area contributed by atoms with Crippen LogP contribution in [0.2, 0.25) is 0 Å². The summed E-state index contributed by atoms with van der Waals surface area (Å²) in [7, 11) is 0. The molecule has 1 aromatic heterocycles. The minimum atomic E-state index is 0.499. The Morgan fingerprint density at radius 1 is 1.28 bits per heavy atom. The number of nitrogens with zero attached hydrogens (tertiary/aromatic N) is 4. The number of aromatic nitrogens is 2. The number of hydrogen-bond acceptors (Lipinski definition) is 5. The summed E-state index contributed by atoms with van der Waals surface area (Å²) in [5.74, 6) is 1.61. The number of rotatable bonds is 1. The molecule has 0 amide bonds. The van der Waals surface area contributed by atoms with Crippen molar-refractivity contribution in [2.45, 2.75) is 32.4 Å². The molecule has 0 bridgehead atoms. The molecule has 0 radical (unpaired) electrons. The molecule has 18 heavy (non-hydrogen) atoms. The van der Waals surface area contributed by atoms with Crippen molar-refractivity contribution >= 4 is 5.82 Å². The summed E-state index contributed by atoms with van der Waals surface area (Å²) in [4.78, 5) is 13.6. The van der Waals surface area contributed by atoms with Crippen molar-refractivity contribution in [2.24, 2.45) is 0 Å². The first kappa shape index (κ1) is 11.7. The molecular weight excluding hydrogens is 228 g/mol. The lowest BCUT2D eigenvalue weighted by atomic mass is 10.1. The summed E-state index contributed by atoms with van der Waals surface area (Å²) in [5.41, 5.74) is 0. The Morgan fingerprint density at radius 2 is 2.11 bits per heavy atom. The Labute approximate surface area is 108 Å². The molecule has 0 aliphatic carbocycles. The van der Waals surface area contributed by atoms with Crippen LogP contribution in [0.1, 0.15) is 20.3 Å². The third kappa shape index (κ3) is 2.03. The van der Waals surface area contributed by atoms with Gasteiger partial charge in [0.15, 0.2) is 5.82 Å². The Hall–Kier alpha value is -1.36. The second kappa shape index (κ2) is 4.72. The van der Waals surface area contributed by atoms with Crippen LogP contribution in [-0.2, 0) is 0 Å². The Balaban J connectivity index is 1.86. The molecule has 1 fully saturated rings. The normalized spacial score (nSPS) is 24.2. The van der Waals surface area contributed by atoms with Gasteiger partial charge in [0, 0.05) is 50.5 Å². The van der Waals surface area contributed by atoms with Gasteiger partial charge in [-0.15, -0.1) is 0 Å². The van der Waals surface area contributed by atoms with Gasteiger partial charge in [0.2, 0.25) is 0 Å². The fourth-order valence-corrected chi connectivity index (χ4v) is 2.78. The van der Waals surface area contributed by atoms with Gasteiger partial charge >= 0.3 is 0 Å². The van der Waals surface area contributed by atoms with Crippen molar-refractivity contribution in [3.05, 3.63) is 12.4 Å². The molecule has 98 valence electrons. The molecule has 0 unspecified atom stereocenters. The first-order valence-electron chi connectivity index (χ1n) is 6.70. The molecule has 1 aromatic rings. The Morgan fingerprint density at radius 3 is 2.94 bits per heavy atom. The standard InChI is InChI=1S/C13H20N4O/c1-10(2)16-6-7-17-11(9-16)3-8-18-13-12(17)14-4-5-15-13/h4-5,10-11H,3,6-9H2,1-2H3/t11-/m1/s1. The average Bonchev–Trinajstić information content (AvgIpc) is 2.57. The van der Waals surface area contributed by atoms with Gasteiger partial charge in [-0.3, -0.25) is 4.90 Å². The second-order valence-electron chi connectivity index (χ2n) is 5.26. The van der Waals surface area contributed by atoms with E-state index in [0.717, 1.165) is 38.5 Å². The van der Waals surface area contributed by atoms with Crippen LogP contribution in [0.3, 0.4) is 0 Å². The monoisotopic (exact) mass is 248 g/mol. The van der Waals surface area contributed by atoms with Crippen molar-refractivity contribution in [3.8, 4) is 5.88 Å². The van der Waals surface area contributed by atoms with Crippen LogP contribution in [0.15, 0.2) is 12.4 Å². The Kier molecular flexibility index (Phi) is 3.07. The number of hydrogen-bond donors (Lipinski definition) is 0. The average molecular weight is 248 g/mol. The van der Waals surface area contributed by atoms with E-state index in [1.54, 1.807) is 12.4 Å². The number of anilines is 1. The van der Waals surface area contributed by atoms with E-state index >= 15 is 0 Å². The maximum absolute atomic E-state index is 5.70. The minimum absolute atomic E-state index is 0.499. The van der Waals surface area contributed by atoms with E-state index in [4.69, 9.17) is 4.74 Å². The van der Waals surface area contributed by atoms with E-state index < -0.39 is 0 Å². The van der Waals surface area contributed by atoms with Gasteiger partial charge in [-0.2, -0.15) is 0 Å². The zero-order chi connectivity index (χ0) is 12.5. The number of fused-ring (bicyclic) bond motifs is 3. The van der Waals surface area contributed by atoms with Gasteiger partial charge in [-0.25, -0.2) is 9.97 Å². The molecular formula is C13H20N4O. The van der Waals surface area contributed by atoms with Gasteiger partial charge in [-0.05, 0) is 13.8 Å². The molecule has 2 aliphatic heterocycles. The van der Waals surface area contributed by atoms with E-state index in [-0.39, 0.29) is 0 Å². The van der Waals surface area contributed by atoms with Crippen molar-refractivity contribution in [1.29, 1.82) is 0 Å². The van der Waals surface area contributed by atoms with Crippen LogP contribution in [0.25, 0.3) is 0 Å². The molecule has 3 heterocycles. The molecule has 1 atom stereocenters. The predicted molar refractivity (Wildman–Crippen MR) is 70.0 cm³/mol. The highest BCUT2D eigenvalue weighted by Gasteiger charge is 2.32. The van der Waals surface area contributed by atoms with Gasteiger partial charge in [0.25, 0.3) is 5.88 Å². The first-order valence-corrected chi connectivity index (χ1v) is 6.70. The van der Waals surface area contributed by atoms with Gasteiger partial charge < -0.3 is 9.64 Å². The third-order valence-electron chi connectivity index (χ3n) is 3.85. The lowest BCUT2D eigenvalue weighted by molar-refractivity contribution is 0.172. The highest BCUT2D eigenvalue weighted by molar-refractivity contribution is 5.50. The maximum Gasteiger partial charge on any atom is 0.257 e. The van der Waals surface area contributed by atoms with E-state index in [1.165, 1.54) is 0 Å². The smallest absolute Gasteiger partial charge is 0.257 e. The number of ether oxygens (including phenoxy) is 1. The molecule has 0 saturated carbocycles. The highest BCUT2D eigenvalue weighted by Crippen LogP contribution is 2.30. The quantitative estimate of drug-likeness (QED) is 0.746. The first-order chi connectivity index (χ1) is 8.75. The van der Waals surface area contributed by atoms with E-state index in [9.17, 15) is 0 Å². The zero-order valence-corrected chi connectivity index (χ0v) is 11.0. The van der Waals surface area contributed by atoms with E-state index in [2.05, 4.69) is 33.6 Å². The predicted octanol–water partition coefficient (Wildman–Crippen LogP) is 1.16. The minimum Gasteiger partial charge on any atom is -0.475 e. The van der Waals surface area contributed by atoms with Crippen molar-refractivity contribution < 1.29 is 4.74 Å². The lowest BCUT2D eigenvalue weighted by Gasteiger charge is -2.42. The molecule has 5 nitrogen and oxygen atoms in total. The summed E-state index contributed by atoms with van der Waals surface area (Å²) in [5, 5.41) is 0. The summed E-state index contributed by atoms with van der Waals surface area (Å²) in [6.07, 6.45) is 4.49. The summed E-state index contributed by atoms with van der Waals surface area (Å²) in [6, 6.07) is 1.11. The zero-order valence-electron chi connectivity index (χ0n) is 11.0. The lowest BCUT2D eigenvalue weighted by Crippen LogP contribution is -2.55. The van der Waals surface area contributed by atoms with Gasteiger partial charge in [0.1, 0.15) is 0 Å². The molecule has 0 spiro atoms. The summed E-state index contributed by atoms with van der Waals surface area (Å²) in [6.45, 7) is 8.45. The molecule has 0 N–H and O–H groups in total. The molecule has 1 saturated heterocycles. The van der Waals surface area contributed by atoms with Crippen LogP contribution in [0.4, 0.5) is 5.82 Å². The fourth-order valence-electron chi connectivity index (χ4n) is 2.78. The third-order valence-corrected chi connectivity index (χ3v) is 3.85.